The Morgan fingerprint density at radius 2 is 1.88 bits per heavy atom. The third-order valence-electron chi connectivity index (χ3n) is 4.17. The zero-order valence-electron chi connectivity index (χ0n) is 13.7. The van der Waals surface area contributed by atoms with Gasteiger partial charge in [0, 0.05) is 5.92 Å². The van der Waals surface area contributed by atoms with Crippen molar-refractivity contribution in [1.29, 1.82) is 0 Å². The van der Waals surface area contributed by atoms with Crippen LogP contribution in [0.15, 0.2) is 24.3 Å². The Morgan fingerprint density at radius 3 is 2.42 bits per heavy atom. The maximum atomic E-state index is 13.5. The molecule has 0 radical (unpaired) electrons. The van der Waals surface area contributed by atoms with Gasteiger partial charge in [0.25, 0.3) is 0 Å². The summed E-state index contributed by atoms with van der Waals surface area (Å²) in [5.74, 6) is -2.55. The summed E-state index contributed by atoms with van der Waals surface area (Å²) in [6, 6.07) is 6.28. The molecular weight excluding hydrogens is 315 g/mol. The molecule has 0 aliphatic rings. The Morgan fingerprint density at radius 1 is 1.25 bits per heavy atom. The number of benzene rings is 1. The van der Waals surface area contributed by atoms with Crippen molar-refractivity contribution >= 4 is 11.8 Å². The van der Waals surface area contributed by atoms with Crippen molar-refractivity contribution in [1.82, 2.24) is 0 Å². The van der Waals surface area contributed by atoms with E-state index in [-0.39, 0.29) is 31.5 Å². The highest BCUT2D eigenvalue weighted by Crippen LogP contribution is 2.22. The SMILES string of the molecule is CC(O)(CC[C@H](C[C@@H](O)CCc1ccccc1F)C(N)=O)C(N)=O. The number of hydrogen-bond donors (Lipinski definition) is 4. The number of primary amides is 2. The summed E-state index contributed by atoms with van der Waals surface area (Å²) in [6.45, 7) is 1.27. The van der Waals surface area contributed by atoms with Crippen LogP contribution in [-0.2, 0) is 16.0 Å². The van der Waals surface area contributed by atoms with E-state index in [4.69, 9.17) is 11.5 Å². The van der Waals surface area contributed by atoms with Crippen molar-refractivity contribution in [2.24, 2.45) is 17.4 Å². The Labute approximate surface area is 140 Å². The molecule has 24 heavy (non-hydrogen) atoms. The van der Waals surface area contributed by atoms with Gasteiger partial charge in [-0.1, -0.05) is 18.2 Å². The van der Waals surface area contributed by atoms with Crippen LogP contribution in [-0.4, -0.2) is 33.7 Å². The molecule has 2 amide bonds. The monoisotopic (exact) mass is 340 g/mol. The third kappa shape index (κ3) is 6.25. The number of aliphatic hydroxyl groups excluding tert-OH is 1. The van der Waals surface area contributed by atoms with E-state index in [9.17, 15) is 24.2 Å². The van der Waals surface area contributed by atoms with Crippen LogP contribution in [0.1, 0.15) is 38.2 Å². The number of rotatable bonds is 10. The van der Waals surface area contributed by atoms with Crippen LogP contribution in [0.2, 0.25) is 0 Å². The normalized spacial score (nSPS) is 16.2. The van der Waals surface area contributed by atoms with Gasteiger partial charge in [-0.25, -0.2) is 4.39 Å². The molecular formula is C17H25FN2O4. The Bertz CT molecular complexity index is 577. The molecule has 3 atom stereocenters. The van der Waals surface area contributed by atoms with E-state index >= 15 is 0 Å². The molecule has 0 aliphatic carbocycles. The molecule has 6 nitrogen and oxygen atoms in total. The molecule has 0 spiro atoms. The van der Waals surface area contributed by atoms with Gasteiger partial charge in [-0.05, 0) is 50.7 Å². The number of carbonyl (C=O) groups excluding carboxylic acids is 2. The number of aryl methyl sites for hydroxylation is 1. The first kappa shape index (κ1) is 20.1. The van der Waals surface area contributed by atoms with Gasteiger partial charge in [0.1, 0.15) is 11.4 Å². The van der Waals surface area contributed by atoms with E-state index in [0.717, 1.165) is 0 Å². The van der Waals surface area contributed by atoms with Crippen LogP contribution in [0.25, 0.3) is 0 Å². The summed E-state index contributed by atoms with van der Waals surface area (Å²) in [5, 5.41) is 19.9. The highest BCUT2D eigenvalue weighted by Gasteiger charge is 2.30. The smallest absolute Gasteiger partial charge is 0.249 e. The van der Waals surface area contributed by atoms with Crippen molar-refractivity contribution in [3.05, 3.63) is 35.6 Å². The van der Waals surface area contributed by atoms with E-state index in [2.05, 4.69) is 0 Å². The second-order valence-corrected chi connectivity index (χ2v) is 6.30. The van der Waals surface area contributed by atoms with Crippen LogP contribution in [0.5, 0.6) is 0 Å². The summed E-state index contributed by atoms with van der Waals surface area (Å²) < 4.78 is 13.5. The van der Waals surface area contributed by atoms with E-state index in [1.165, 1.54) is 13.0 Å². The molecule has 1 aromatic rings. The number of hydrogen-bond acceptors (Lipinski definition) is 4. The van der Waals surface area contributed by atoms with E-state index in [1.807, 2.05) is 0 Å². The highest BCUT2D eigenvalue weighted by molar-refractivity contribution is 5.82. The van der Waals surface area contributed by atoms with Crippen molar-refractivity contribution in [2.45, 2.75) is 50.7 Å². The van der Waals surface area contributed by atoms with Crippen LogP contribution in [0.3, 0.4) is 0 Å². The van der Waals surface area contributed by atoms with Gasteiger partial charge < -0.3 is 21.7 Å². The van der Waals surface area contributed by atoms with Gasteiger partial charge in [-0.15, -0.1) is 0 Å². The van der Waals surface area contributed by atoms with Crippen LogP contribution >= 0.6 is 0 Å². The zero-order chi connectivity index (χ0) is 18.3. The quantitative estimate of drug-likeness (QED) is 0.498. The average molecular weight is 340 g/mol. The lowest BCUT2D eigenvalue weighted by atomic mass is 9.88. The summed E-state index contributed by atoms with van der Waals surface area (Å²) in [5.41, 5.74) is 9.14. The average Bonchev–Trinajstić information content (AvgIpc) is 2.50. The molecule has 1 unspecified atom stereocenters. The first-order valence-corrected chi connectivity index (χ1v) is 7.86. The maximum Gasteiger partial charge on any atom is 0.249 e. The first-order chi connectivity index (χ1) is 11.1. The van der Waals surface area contributed by atoms with Crippen LogP contribution in [0.4, 0.5) is 4.39 Å². The molecule has 0 heterocycles. The summed E-state index contributed by atoms with van der Waals surface area (Å²) >= 11 is 0. The summed E-state index contributed by atoms with van der Waals surface area (Å²) in [7, 11) is 0. The molecule has 0 bridgehead atoms. The van der Waals surface area contributed by atoms with Gasteiger partial charge in [-0.3, -0.25) is 9.59 Å². The lowest BCUT2D eigenvalue weighted by Crippen LogP contribution is -2.42. The molecule has 1 rings (SSSR count). The molecule has 0 saturated heterocycles. The van der Waals surface area contributed by atoms with E-state index < -0.39 is 29.4 Å². The molecule has 0 fully saturated rings. The van der Waals surface area contributed by atoms with Gasteiger partial charge in [0.15, 0.2) is 0 Å². The summed E-state index contributed by atoms with van der Waals surface area (Å²) in [4.78, 5) is 22.6. The topological polar surface area (TPSA) is 127 Å². The molecule has 6 N–H and O–H groups in total. The lowest BCUT2D eigenvalue weighted by Gasteiger charge is -2.23. The lowest BCUT2D eigenvalue weighted by molar-refractivity contribution is -0.136. The van der Waals surface area contributed by atoms with E-state index in [0.29, 0.717) is 12.0 Å². The summed E-state index contributed by atoms with van der Waals surface area (Å²) in [6.07, 6.45) is -0.0630. The Balaban J connectivity index is 2.54. The molecule has 7 heteroatoms. The van der Waals surface area contributed by atoms with Gasteiger partial charge in [0.05, 0.1) is 6.10 Å². The molecule has 1 aromatic carbocycles. The van der Waals surface area contributed by atoms with Gasteiger partial charge >= 0.3 is 0 Å². The second kappa shape index (κ2) is 8.75. The largest absolute Gasteiger partial charge is 0.393 e. The van der Waals surface area contributed by atoms with Gasteiger partial charge in [-0.2, -0.15) is 0 Å². The first-order valence-electron chi connectivity index (χ1n) is 7.86. The number of aliphatic hydroxyl groups is 2. The number of carbonyl (C=O) groups is 2. The fraction of sp³-hybridized carbons (Fsp3) is 0.529. The standard InChI is InChI=1S/C17H25FN2O4/c1-17(24,16(20)23)9-8-12(15(19)22)10-13(21)7-6-11-4-2-3-5-14(11)18/h2-5,12-13,21,24H,6-10H2,1H3,(H2,19,22)(H2,20,23)/t12-,13+,17?/m1/s1. The van der Waals surface area contributed by atoms with E-state index in [1.54, 1.807) is 18.2 Å². The number of halogens is 1. The van der Waals surface area contributed by atoms with Crippen LogP contribution < -0.4 is 11.5 Å². The minimum absolute atomic E-state index is 0.0318. The number of amides is 2. The fourth-order valence-corrected chi connectivity index (χ4v) is 2.42. The van der Waals surface area contributed by atoms with Crippen molar-refractivity contribution < 1.29 is 24.2 Å². The Hall–Kier alpha value is -1.99. The molecule has 0 aliphatic heterocycles. The van der Waals surface area contributed by atoms with Gasteiger partial charge in [0.2, 0.25) is 11.8 Å². The fourth-order valence-electron chi connectivity index (χ4n) is 2.42. The van der Waals surface area contributed by atoms with Crippen molar-refractivity contribution in [2.75, 3.05) is 0 Å². The molecule has 0 saturated carbocycles. The highest BCUT2D eigenvalue weighted by atomic mass is 19.1. The third-order valence-corrected chi connectivity index (χ3v) is 4.17. The minimum atomic E-state index is -1.73. The Kier molecular flexibility index (Phi) is 7.31. The second-order valence-electron chi connectivity index (χ2n) is 6.30. The predicted octanol–water partition coefficient (Wildman–Crippen LogP) is 0.627. The zero-order valence-corrected chi connectivity index (χ0v) is 13.7. The van der Waals surface area contributed by atoms with Crippen LogP contribution in [0, 0.1) is 11.7 Å². The molecule has 0 aromatic heterocycles. The predicted molar refractivity (Wildman–Crippen MR) is 87.1 cm³/mol. The van der Waals surface area contributed by atoms with Crippen molar-refractivity contribution in [3.63, 3.8) is 0 Å². The maximum absolute atomic E-state index is 13.5. The number of nitrogens with two attached hydrogens (primary N) is 2. The van der Waals surface area contributed by atoms with Crippen molar-refractivity contribution in [3.8, 4) is 0 Å². The minimum Gasteiger partial charge on any atom is -0.393 e. The molecule has 134 valence electrons.